The molecule has 0 bridgehead atoms. The fourth-order valence-corrected chi connectivity index (χ4v) is 8.80. The van der Waals surface area contributed by atoms with Crippen LogP contribution in [0.1, 0.15) is 18.7 Å². The molecule has 0 N–H and O–H groups in total. The lowest BCUT2D eigenvalue weighted by Gasteiger charge is -2.13. The van der Waals surface area contributed by atoms with E-state index in [1.165, 1.54) is 36.5 Å². The first kappa shape index (κ1) is 32.8. The molecule has 3 aromatic heterocycles. The van der Waals surface area contributed by atoms with E-state index in [1.807, 2.05) is 35.6 Å². The zero-order valence-electron chi connectivity index (χ0n) is 29.9. The van der Waals surface area contributed by atoms with Crippen LogP contribution in [-0.2, 0) is 0 Å². The molecule has 0 spiro atoms. The van der Waals surface area contributed by atoms with E-state index in [0.29, 0.717) is 5.82 Å². The molecule has 10 rings (SSSR count). The summed E-state index contributed by atoms with van der Waals surface area (Å²) >= 11 is 1.81. The average molecular weight is 723 g/mol. The number of benzene rings is 6. The van der Waals surface area contributed by atoms with Gasteiger partial charge in [-0.2, -0.15) is 0 Å². The molecular weight excluding hydrogens is 689 g/mol. The summed E-state index contributed by atoms with van der Waals surface area (Å²) in [4.78, 5) is 21.0. The van der Waals surface area contributed by atoms with Crippen LogP contribution in [0.25, 0.3) is 89.3 Å². The molecule has 0 saturated heterocycles. The first-order valence-electron chi connectivity index (χ1n) is 18.6. The minimum Gasteiger partial charge on any atom is -0.228 e. The molecule has 0 unspecified atom stereocenters. The van der Waals surface area contributed by atoms with Crippen LogP contribution in [0.4, 0.5) is 0 Å². The van der Waals surface area contributed by atoms with Crippen molar-refractivity contribution in [3.8, 4) is 67.5 Å². The third kappa shape index (κ3) is 6.35. The number of rotatable bonds is 7. The number of fused-ring (bicyclic) bond motifs is 3. The first-order chi connectivity index (χ1) is 27.2. The van der Waals surface area contributed by atoms with E-state index >= 15 is 0 Å². The van der Waals surface area contributed by atoms with Crippen molar-refractivity contribution in [2.45, 2.75) is 12.8 Å². The van der Waals surface area contributed by atoms with Gasteiger partial charge < -0.3 is 0 Å². The van der Waals surface area contributed by atoms with Gasteiger partial charge in [0, 0.05) is 53.2 Å². The van der Waals surface area contributed by atoms with Gasteiger partial charge in [-0.3, -0.25) is 0 Å². The predicted octanol–water partition coefficient (Wildman–Crippen LogP) is 11.3. The van der Waals surface area contributed by atoms with Crippen LogP contribution in [0.3, 0.4) is 0 Å². The van der Waals surface area contributed by atoms with Crippen LogP contribution in [-0.4, -0.2) is 19.9 Å². The van der Waals surface area contributed by atoms with E-state index in [0.717, 1.165) is 69.3 Å². The number of hydrogen-bond acceptors (Lipinski definition) is 5. The lowest BCUT2D eigenvalue weighted by atomic mass is 9.98. The van der Waals surface area contributed by atoms with Crippen LogP contribution < -0.4 is 9.75 Å². The molecule has 260 valence electrons. The van der Waals surface area contributed by atoms with E-state index in [2.05, 4.69) is 158 Å². The molecule has 0 atom stereocenters. The molecule has 0 aliphatic heterocycles. The normalized spacial score (nSPS) is 12.3. The number of aromatic nitrogens is 4. The summed E-state index contributed by atoms with van der Waals surface area (Å²) in [6.45, 7) is 0. The van der Waals surface area contributed by atoms with Crippen LogP contribution in [0.15, 0.2) is 176 Å². The summed E-state index contributed by atoms with van der Waals surface area (Å²) in [5.41, 5.74) is 12.4. The Kier molecular flexibility index (Phi) is 8.47. The minimum atomic E-state index is 0.711. The van der Waals surface area contributed by atoms with Crippen LogP contribution in [0, 0.1) is 0 Å². The van der Waals surface area contributed by atoms with Crippen molar-refractivity contribution in [1.29, 1.82) is 0 Å². The lowest BCUT2D eigenvalue weighted by molar-refractivity contribution is 1.02. The monoisotopic (exact) mass is 722 g/mol. The highest BCUT2D eigenvalue weighted by molar-refractivity contribution is 7.17. The highest BCUT2D eigenvalue weighted by Gasteiger charge is 2.20. The Balaban J connectivity index is 1.16. The minimum absolute atomic E-state index is 0.711. The van der Waals surface area contributed by atoms with Gasteiger partial charge in [0.15, 0.2) is 11.6 Å². The molecule has 6 aromatic carbocycles. The Bertz CT molecular complexity index is 2880. The van der Waals surface area contributed by atoms with Crippen LogP contribution in [0.2, 0.25) is 0 Å². The van der Waals surface area contributed by atoms with Gasteiger partial charge in [0.05, 0.1) is 22.8 Å². The second-order valence-electron chi connectivity index (χ2n) is 13.7. The van der Waals surface area contributed by atoms with Gasteiger partial charge in [0.1, 0.15) is 0 Å². The quantitative estimate of drug-likeness (QED) is 0.164. The fraction of sp³-hybridized carbons (Fsp3) is 0.0400. The Morgan fingerprint density at radius 2 is 0.836 bits per heavy atom. The second kappa shape index (κ2) is 14.2. The Hall–Kier alpha value is -6.82. The second-order valence-corrected chi connectivity index (χ2v) is 14.8. The summed E-state index contributed by atoms with van der Waals surface area (Å²) in [5, 5.41) is 2.40. The molecular formula is C50H34N4S. The van der Waals surface area contributed by atoms with Gasteiger partial charge in [-0.1, -0.05) is 164 Å². The molecule has 5 heteroatoms. The van der Waals surface area contributed by atoms with E-state index in [-0.39, 0.29) is 0 Å². The SMILES string of the molecule is C1=c2sc3c(-c4nc(-c5ccccc5)cc(-c5ccc(-c6ccccc6)cc5)n4)cccc3c2=C(c2nc(-c3ccccc3)cc(-c3ccccc3)n2)CC1. The molecule has 0 radical (unpaired) electrons. The first-order valence-corrected chi connectivity index (χ1v) is 19.4. The number of nitrogens with zero attached hydrogens (tertiary/aromatic N) is 4. The van der Waals surface area contributed by atoms with Gasteiger partial charge in [-0.05, 0) is 42.2 Å². The van der Waals surface area contributed by atoms with E-state index in [9.17, 15) is 0 Å². The topological polar surface area (TPSA) is 51.6 Å². The van der Waals surface area contributed by atoms with Crippen molar-refractivity contribution in [1.82, 2.24) is 19.9 Å². The highest BCUT2D eigenvalue weighted by Crippen LogP contribution is 2.34. The van der Waals surface area contributed by atoms with Crippen molar-refractivity contribution < 1.29 is 0 Å². The van der Waals surface area contributed by atoms with Gasteiger partial charge in [0.2, 0.25) is 0 Å². The summed E-state index contributed by atoms with van der Waals surface area (Å²) < 4.78 is 2.41. The van der Waals surface area contributed by atoms with Crippen LogP contribution >= 0.6 is 11.3 Å². The summed E-state index contributed by atoms with van der Waals surface area (Å²) in [6.07, 6.45) is 4.15. The Morgan fingerprint density at radius 3 is 1.36 bits per heavy atom. The van der Waals surface area contributed by atoms with Gasteiger partial charge in [-0.15, -0.1) is 11.3 Å². The van der Waals surface area contributed by atoms with Crippen molar-refractivity contribution in [2.75, 3.05) is 0 Å². The fourth-order valence-electron chi connectivity index (χ4n) is 7.50. The van der Waals surface area contributed by atoms with E-state index in [1.54, 1.807) is 0 Å². The molecule has 0 amide bonds. The highest BCUT2D eigenvalue weighted by atomic mass is 32.1. The molecule has 4 nitrogen and oxygen atoms in total. The molecule has 55 heavy (non-hydrogen) atoms. The van der Waals surface area contributed by atoms with Crippen molar-refractivity contribution >= 4 is 33.1 Å². The van der Waals surface area contributed by atoms with Crippen molar-refractivity contribution in [3.63, 3.8) is 0 Å². The van der Waals surface area contributed by atoms with Gasteiger partial charge in [0.25, 0.3) is 0 Å². The third-order valence-corrected chi connectivity index (χ3v) is 11.5. The lowest BCUT2D eigenvalue weighted by Crippen LogP contribution is -2.26. The Morgan fingerprint density at radius 1 is 0.400 bits per heavy atom. The maximum Gasteiger partial charge on any atom is 0.161 e. The molecule has 1 aliphatic carbocycles. The summed E-state index contributed by atoms with van der Waals surface area (Å²) in [5.74, 6) is 1.49. The maximum absolute atomic E-state index is 5.28. The van der Waals surface area contributed by atoms with Crippen molar-refractivity contribution in [2.24, 2.45) is 0 Å². The smallest absolute Gasteiger partial charge is 0.161 e. The number of hydrogen-bond donors (Lipinski definition) is 0. The molecule has 9 aromatic rings. The number of thiophene rings is 1. The zero-order valence-corrected chi connectivity index (χ0v) is 30.7. The van der Waals surface area contributed by atoms with E-state index < -0.39 is 0 Å². The average Bonchev–Trinajstić information content (AvgIpc) is 3.67. The standard InChI is InChI=1S/C50H34N4S/c1-5-15-33(16-6-1)34-27-29-38(30-28-34)45-32-44(37-21-11-4-12-22-37)53-50(54-45)41-25-13-23-39-47-40(24-14-26-46(47)55-48(39)41)49-51-42(35-17-7-2-8-18-35)31-43(52-49)36-19-9-3-10-20-36/h1-13,15-23,25-32H,14,24H2. The summed E-state index contributed by atoms with van der Waals surface area (Å²) in [7, 11) is 0. The molecule has 1 aliphatic rings. The summed E-state index contributed by atoms with van der Waals surface area (Å²) in [6, 6.07) is 61.1. The largest absolute Gasteiger partial charge is 0.228 e. The molecule has 3 heterocycles. The van der Waals surface area contributed by atoms with Gasteiger partial charge in [-0.25, -0.2) is 19.9 Å². The maximum atomic E-state index is 5.28. The Labute approximate surface area is 323 Å². The van der Waals surface area contributed by atoms with E-state index in [4.69, 9.17) is 19.9 Å². The van der Waals surface area contributed by atoms with Gasteiger partial charge >= 0.3 is 0 Å². The zero-order chi connectivity index (χ0) is 36.6. The third-order valence-electron chi connectivity index (χ3n) is 10.2. The predicted molar refractivity (Wildman–Crippen MR) is 228 cm³/mol. The van der Waals surface area contributed by atoms with Crippen molar-refractivity contribution in [3.05, 3.63) is 192 Å². The molecule has 0 fully saturated rings. The molecule has 0 saturated carbocycles. The van der Waals surface area contributed by atoms with Crippen LogP contribution in [0.5, 0.6) is 0 Å².